The van der Waals surface area contributed by atoms with Crippen LogP contribution in [-0.2, 0) is 6.54 Å². The van der Waals surface area contributed by atoms with Crippen LogP contribution in [0.3, 0.4) is 0 Å². The van der Waals surface area contributed by atoms with Crippen LogP contribution in [0.2, 0.25) is 5.15 Å². The molecule has 0 aromatic carbocycles. The molecule has 6 nitrogen and oxygen atoms in total. The fourth-order valence-corrected chi connectivity index (χ4v) is 1.16. The summed E-state index contributed by atoms with van der Waals surface area (Å²) >= 11 is 5.67. The number of nitrogens with one attached hydrogen (secondary N) is 1. The van der Waals surface area contributed by atoms with Crippen LogP contribution in [0.1, 0.15) is 11.7 Å². The molecular formula is C8H8ClN5O. The molecule has 7 heteroatoms. The van der Waals surface area contributed by atoms with Crippen molar-refractivity contribution in [2.24, 2.45) is 0 Å². The van der Waals surface area contributed by atoms with Gasteiger partial charge in [-0.25, -0.2) is 4.98 Å². The predicted molar refractivity (Wildman–Crippen MR) is 53.4 cm³/mol. The van der Waals surface area contributed by atoms with Crippen molar-refractivity contribution in [2.45, 2.75) is 13.5 Å². The largest absolute Gasteiger partial charge is 0.361 e. The van der Waals surface area contributed by atoms with E-state index in [0.29, 0.717) is 29.2 Å². The Balaban J connectivity index is 1.99. The summed E-state index contributed by atoms with van der Waals surface area (Å²) in [5.41, 5.74) is 0. The van der Waals surface area contributed by atoms with E-state index < -0.39 is 0 Å². The number of aryl methyl sites for hydroxylation is 1. The number of halogens is 1. The Kier molecular flexibility index (Phi) is 2.77. The predicted octanol–water partition coefficient (Wildman–Crippen LogP) is 1.43. The molecule has 0 aliphatic rings. The Hall–Kier alpha value is -1.69. The topological polar surface area (TPSA) is 76.7 Å². The molecule has 0 aliphatic heterocycles. The van der Waals surface area contributed by atoms with Crippen LogP contribution in [0.25, 0.3) is 0 Å². The van der Waals surface area contributed by atoms with Gasteiger partial charge < -0.3 is 9.84 Å². The van der Waals surface area contributed by atoms with Crippen LogP contribution < -0.4 is 5.32 Å². The van der Waals surface area contributed by atoms with Crippen molar-refractivity contribution in [2.75, 3.05) is 5.32 Å². The summed E-state index contributed by atoms with van der Waals surface area (Å²) < 4.78 is 4.81. The minimum absolute atomic E-state index is 0.337. The molecule has 2 heterocycles. The molecular weight excluding hydrogens is 218 g/mol. The molecule has 78 valence electrons. The summed E-state index contributed by atoms with van der Waals surface area (Å²) in [5.74, 6) is 1.67. The highest BCUT2D eigenvalue weighted by molar-refractivity contribution is 6.29. The number of anilines is 1. The van der Waals surface area contributed by atoms with Gasteiger partial charge >= 0.3 is 0 Å². The molecule has 0 atom stereocenters. The van der Waals surface area contributed by atoms with Gasteiger partial charge in [0.1, 0.15) is 11.0 Å². The fraction of sp³-hybridized carbons (Fsp3) is 0.250. The first-order chi connectivity index (χ1) is 7.24. The average Bonchev–Trinajstić information content (AvgIpc) is 2.62. The lowest BCUT2D eigenvalue weighted by atomic mass is 10.5. The van der Waals surface area contributed by atoms with E-state index >= 15 is 0 Å². The van der Waals surface area contributed by atoms with Crippen LogP contribution in [0.4, 0.5) is 5.82 Å². The molecule has 0 saturated carbocycles. The molecule has 0 bridgehead atoms. The monoisotopic (exact) mass is 225 g/mol. The van der Waals surface area contributed by atoms with E-state index in [-0.39, 0.29) is 0 Å². The first kappa shape index (κ1) is 9.85. The maximum Gasteiger partial charge on any atom is 0.223 e. The summed E-state index contributed by atoms with van der Waals surface area (Å²) in [4.78, 5) is 11.9. The fourth-order valence-electron chi connectivity index (χ4n) is 1.01. The summed E-state index contributed by atoms with van der Waals surface area (Å²) in [6, 6.07) is 0. The second-order valence-corrected chi connectivity index (χ2v) is 3.20. The molecule has 0 amide bonds. The summed E-state index contributed by atoms with van der Waals surface area (Å²) in [7, 11) is 0. The highest BCUT2D eigenvalue weighted by Gasteiger charge is 2.02. The van der Waals surface area contributed by atoms with Gasteiger partial charge in [0.25, 0.3) is 0 Å². The van der Waals surface area contributed by atoms with Gasteiger partial charge in [0, 0.05) is 6.92 Å². The van der Waals surface area contributed by atoms with Gasteiger partial charge in [-0.15, -0.1) is 0 Å². The zero-order chi connectivity index (χ0) is 10.7. The second-order valence-electron chi connectivity index (χ2n) is 2.81. The van der Waals surface area contributed by atoms with Gasteiger partial charge in [0.2, 0.25) is 5.89 Å². The Morgan fingerprint density at radius 3 is 2.93 bits per heavy atom. The lowest BCUT2D eigenvalue weighted by Crippen LogP contribution is -2.03. The van der Waals surface area contributed by atoms with Crippen molar-refractivity contribution < 1.29 is 4.52 Å². The molecule has 2 rings (SSSR count). The SMILES string of the molecule is Cc1nc(CNc2cncc(Cl)n2)no1. The van der Waals surface area contributed by atoms with Gasteiger partial charge in [0.05, 0.1) is 18.9 Å². The maximum atomic E-state index is 5.67. The minimum atomic E-state index is 0.337. The van der Waals surface area contributed by atoms with E-state index in [1.807, 2.05) is 0 Å². The van der Waals surface area contributed by atoms with Crippen LogP contribution in [0.15, 0.2) is 16.9 Å². The number of rotatable bonds is 3. The van der Waals surface area contributed by atoms with Gasteiger partial charge in [-0.2, -0.15) is 4.98 Å². The molecule has 0 aliphatic carbocycles. The Morgan fingerprint density at radius 1 is 1.40 bits per heavy atom. The zero-order valence-electron chi connectivity index (χ0n) is 7.94. The summed E-state index contributed by atoms with van der Waals surface area (Å²) in [6.07, 6.45) is 3.03. The van der Waals surface area contributed by atoms with Crippen molar-refractivity contribution in [3.8, 4) is 0 Å². The quantitative estimate of drug-likeness (QED) is 0.852. The molecule has 15 heavy (non-hydrogen) atoms. The summed E-state index contributed by atoms with van der Waals surface area (Å²) in [6.45, 7) is 2.15. The van der Waals surface area contributed by atoms with Crippen LogP contribution in [0.5, 0.6) is 0 Å². The number of aromatic nitrogens is 4. The highest BCUT2D eigenvalue weighted by atomic mass is 35.5. The molecule has 2 aromatic rings. The van der Waals surface area contributed by atoms with E-state index in [0.717, 1.165) is 0 Å². The van der Waals surface area contributed by atoms with Crippen molar-refractivity contribution in [1.82, 2.24) is 20.1 Å². The van der Waals surface area contributed by atoms with Gasteiger partial charge in [0.15, 0.2) is 5.82 Å². The smallest absolute Gasteiger partial charge is 0.223 e. The molecule has 0 spiro atoms. The van der Waals surface area contributed by atoms with E-state index in [4.69, 9.17) is 16.1 Å². The highest BCUT2D eigenvalue weighted by Crippen LogP contribution is 2.07. The molecule has 0 unspecified atom stereocenters. The Labute approximate surface area is 90.7 Å². The van der Waals surface area contributed by atoms with E-state index in [1.54, 1.807) is 13.1 Å². The molecule has 0 fully saturated rings. The molecule has 0 saturated heterocycles. The third-order valence-corrected chi connectivity index (χ3v) is 1.78. The number of hydrogen-bond donors (Lipinski definition) is 1. The third-order valence-electron chi connectivity index (χ3n) is 1.60. The molecule has 2 aromatic heterocycles. The molecule has 0 radical (unpaired) electrons. The van der Waals surface area contributed by atoms with Crippen molar-refractivity contribution >= 4 is 17.4 Å². The van der Waals surface area contributed by atoms with Crippen LogP contribution >= 0.6 is 11.6 Å². The second kappa shape index (κ2) is 4.22. The maximum absolute atomic E-state index is 5.67. The van der Waals surface area contributed by atoms with E-state index in [2.05, 4.69) is 25.4 Å². The first-order valence-electron chi connectivity index (χ1n) is 4.24. The van der Waals surface area contributed by atoms with E-state index in [1.165, 1.54) is 6.20 Å². The minimum Gasteiger partial charge on any atom is -0.361 e. The van der Waals surface area contributed by atoms with Gasteiger partial charge in [-0.05, 0) is 0 Å². The number of hydrogen-bond acceptors (Lipinski definition) is 6. The van der Waals surface area contributed by atoms with Crippen LogP contribution in [0, 0.1) is 6.92 Å². The lowest BCUT2D eigenvalue weighted by Gasteiger charge is -2.00. The first-order valence-corrected chi connectivity index (χ1v) is 4.62. The number of nitrogens with zero attached hydrogens (tertiary/aromatic N) is 4. The van der Waals surface area contributed by atoms with E-state index in [9.17, 15) is 0 Å². The van der Waals surface area contributed by atoms with Gasteiger partial charge in [-0.1, -0.05) is 16.8 Å². The van der Waals surface area contributed by atoms with Crippen molar-refractivity contribution in [1.29, 1.82) is 0 Å². The van der Waals surface area contributed by atoms with Crippen molar-refractivity contribution in [3.05, 3.63) is 29.3 Å². The lowest BCUT2D eigenvalue weighted by molar-refractivity contribution is 0.388. The standard InChI is InChI=1S/C8H8ClN5O/c1-5-12-8(14-15-5)4-11-7-3-10-2-6(9)13-7/h2-3H,4H2,1H3,(H,11,13). The van der Waals surface area contributed by atoms with Crippen LogP contribution in [-0.4, -0.2) is 20.1 Å². The normalized spacial score (nSPS) is 10.3. The average molecular weight is 226 g/mol. The zero-order valence-corrected chi connectivity index (χ0v) is 8.69. The summed E-state index contributed by atoms with van der Waals surface area (Å²) in [5, 5.41) is 7.03. The van der Waals surface area contributed by atoms with Crippen molar-refractivity contribution in [3.63, 3.8) is 0 Å². The molecule has 1 N–H and O–H groups in total. The Morgan fingerprint density at radius 2 is 2.27 bits per heavy atom. The third kappa shape index (κ3) is 2.63. The Bertz CT molecular complexity index is 458. The van der Waals surface area contributed by atoms with Gasteiger partial charge in [-0.3, -0.25) is 4.98 Å².